The van der Waals surface area contributed by atoms with Gasteiger partial charge in [0.1, 0.15) is 5.69 Å². The van der Waals surface area contributed by atoms with E-state index in [1.807, 2.05) is 25.1 Å². The summed E-state index contributed by atoms with van der Waals surface area (Å²) < 4.78 is 14.1. The van der Waals surface area contributed by atoms with Crippen molar-refractivity contribution in [1.29, 1.82) is 0 Å². The van der Waals surface area contributed by atoms with Crippen molar-refractivity contribution in [1.82, 2.24) is 25.3 Å². The molecule has 3 N–H and O–H groups in total. The largest absolute Gasteiger partial charge is 0.505 e. The summed E-state index contributed by atoms with van der Waals surface area (Å²) in [6.07, 6.45) is 1.77. The number of aromatic nitrogens is 2. The first-order valence-electron chi connectivity index (χ1n) is 12.7. The number of halogens is 1. The van der Waals surface area contributed by atoms with Crippen LogP contribution in [0.3, 0.4) is 0 Å². The van der Waals surface area contributed by atoms with Gasteiger partial charge >= 0.3 is 0 Å². The highest BCUT2D eigenvalue weighted by atomic mass is 19.1. The Bertz CT molecular complexity index is 1290. The summed E-state index contributed by atoms with van der Waals surface area (Å²) in [6.45, 7) is 11.0. The highest BCUT2D eigenvalue weighted by molar-refractivity contribution is 6.09. The molecule has 8 heteroatoms. The summed E-state index contributed by atoms with van der Waals surface area (Å²) >= 11 is 0. The van der Waals surface area contributed by atoms with Gasteiger partial charge in [0.25, 0.3) is 0 Å². The Kier molecular flexibility index (Phi) is 5.53. The molecule has 2 unspecified atom stereocenters. The van der Waals surface area contributed by atoms with Crippen molar-refractivity contribution < 1.29 is 9.50 Å². The molecule has 3 aliphatic rings. The molecule has 0 spiro atoms. The van der Waals surface area contributed by atoms with Gasteiger partial charge in [0, 0.05) is 43.6 Å². The zero-order valence-electron chi connectivity index (χ0n) is 20.6. The molecule has 35 heavy (non-hydrogen) atoms. The van der Waals surface area contributed by atoms with Crippen LogP contribution >= 0.6 is 0 Å². The van der Waals surface area contributed by atoms with E-state index in [4.69, 9.17) is 4.99 Å². The zero-order chi connectivity index (χ0) is 24.3. The van der Waals surface area contributed by atoms with E-state index in [0.717, 1.165) is 58.6 Å². The number of benzene rings is 2. The number of likely N-dealkylation sites (tertiary alicyclic amines) is 2. The van der Waals surface area contributed by atoms with Crippen molar-refractivity contribution in [3.63, 3.8) is 0 Å². The van der Waals surface area contributed by atoms with E-state index in [1.54, 1.807) is 0 Å². The Balaban J connectivity index is 1.21. The highest BCUT2D eigenvalue weighted by Gasteiger charge is 2.41. The molecule has 7 nitrogen and oxygen atoms in total. The molecule has 0 saturated carbocycles. The van der Waals surface area contributed by atoms with Crippen LogP contribution in [0.15, 0.2) is 35.3 Å². The number of piperidine rings is 1. The number of phenolic OH excluding ortho intramolecular Hbond substituents is 1. The Morgan fingerprint density at radius 2 is 2.00 bits per heavy atom. The fraction of sp³-hybridized carbons (Fsp3) is 0.481. The second-order valence-electron chi connectivity index (χ2n) is 10.4. The first-order valence-corrected chi connectivity index (χ1v) is 12.7. The number of aromatic hydroxyl groups is 1. The summed E-state index contributed by atoms with van der Waals surface area (Å²) in [5.41, 5.74) is 4.31. The van der Waals surface area contributed by atoms with Gasteiger partial charge in [-0.2, -0.15) is 5.10 Å². The van der Waals surface area contributed by atoms with Crippen LogP contribution in [0, 0.1) is 5.82 Å². The molecule has 3 aliphatic heterocycles. The monoisotopic (exact) mass is 476 g/mol. The summed E-state index contributed by atoms with van der Waals surface area (Å²) in [7, 11) is 0. The quantitative estimate of drug-likeness (QED) is 0.525. The van der Waals surface area contributed by atoms with Gasteiger partial charge in [-0.15, -0.1) is 0 Å². The lowest BCUT2D eigenvalue weighted by molar-refractivity contribution is -0.00104. The second-order valence-corrected chi connectivity index (χ2v) is 10.4. The van der Waals surface area contributed by atoms with Crippen LogP contribution in [0.4, 0.5) is 4.39 Å². The second kappa shape index (κ2) is 8.60. The molecule has 2 fully saturated rings. The molecule has 0 amide bonds. The van der Waals surface area contributed by atoms with Gasteiger partial charge in [0.15, 0.2) is 17.4 Å². The zero-order valence-corrected chi connectivity index (χ0v) is 20.6. The Hall–Kier alpha value is -2.97. The van der Waals surface area contributed by atoms with Gasteiger partial charge < -0.3 is 10.4 Å². The molecule has 4 heterocycles. The number of phenols is 1. The summed E-state index contributed by atoms with van der Waals surface area (Å²) in [6, 6.07) is 10.8. The van der Waals surface area contributed by atoms with E-state index in [2.05, 4.69) is 39.2 Å². The molecule has 0 aliphatic carbocycles. The number of fused-ring (bicyclic) bond motifs is 2. The molecular weight excluding hydrogens is 443 g/mol. The van der Waals surface area contributed by atoms with Gasteiger partial charge in [0.2, 0.25) is 0 Å². The molecule has 2 aromatic carbocycles. The maximum absolute atomic E-state index is 14.1. The minimum Gasteiger partial charge on any atom is -0.505 e. The average Bonchev–Trinajstić information content (AvgIpc) is 3.42. The van der Waals surface area contributed by atoms with Crippen LogP contribution in [-0.2, 0) is 6.42 Å². The lowest BCUT2D eigenvalue weighted by Gasteiger charge is -2.49. The number of aryl methyl sites for hydroxylation is 1. The molecule has 2 saturated heterocycles. The third kappa shape index (κ3) is 3.89. The summed E-state index contributed by atoms with van der Waals surface area (Å²) in [4.78, 5) is 10.2. The number of hydrogen-bond acceptors (Lipinski definition) is 6. The lowest BCUT2D eigenvalue weighted by Crippen LogP contribution is -2.65. The Morgan fingerprint density at radius 3 is 2.77 bits per heavy atom. The van der Waals surface area contributed by atoms with Gasteiger partial charge in [-0.3, -0.25) is 19.9 Å². The van der Waals surface area contributed by atoms with Crippen molar-refractivity contribution in [2.45, 2.75) is 57.8 Å². The van der Waals surface area contributed by atoms with E-state index in [1.165, 1.54) is 25.2 Å². The minimum absolute atomic E-state index is 0.292. The van der Waals surface area contributed by atoms with Gasteiger partial charge in [-0.1, -0.05) is 13.0 Å². The van der Waals surface area contributed by atoms with Crippen molar-refractivity contribution in [3.05, 3.63) is 47.4 Å². The maximum atomic E-state index is 14.1. The number of hydrogen-bond donors (Lipinski definition) is 3. The van der Waals surface area contributed by atoms with E-state index in [0.29, 0.717) is 30.6 Å². The number of amidine groups is 1. The molecule has 184 valence electrons. The molecule has 0 radical (unpaired) electrons. The van der Waals surface area contributed by atoms with E-state index >= 15 is 0 Å². The summed E-state index contributed by atoms with van der Waals surface area (Å²) in [5, 5.41) is 22.2. The predicted molar refractivity (Wildman–Crippen MR) is 136 cm³/mol. The van der Waals surface area contributed by atoms with Crippen molar-refractivity contribution in [2.75, 3.05) is 26.2 Å². The SMILES string of the molecule is CCc1cc(O)c(F)cc1-c1ccc2c(C3=NC4CCN(C5CN(C(C)C)C5)CC4N3)n[nH]c2c1. The molecule has 0 bridgehead atoms. The van der Waals surface area contributed by atoms with Crippen LogP contribution in [0.2, 0.25) is 0 Å². The number of nitrogens with zero attached hydrogens (tertiary/aromatic N) is 4. The van der Waals surface area contributed by atoms with Gasteiger partial charge in [0.05, 0.1) is 17.6 Å². The highest BCUT2D eigenvalue weighted by Crippen LogP contribution is 2.33. The minimum atomic E-state index is -0.609. The van der Waals surface area contributed by atoms with E-state index in [-0.39, 0.29) is 5.75 Å². The first kappa shape index (κ1) is 22.5. The molecule has 2 atom stereocenters. The van der Waals surface area contributed by atoms with Crippen LogP contribution in [0.5, 0.6) is 5.75 Å². The van der Waals surface area contributed by atoms with Gasteiger partial charge in [-0.25, -0.2) is 4.39 Å². The van der Waals surface area contributed by atoms with E-state index in [9.17, 15) is 9.50 Å². The number of H-pyrrole nitrogens is 1. The van der Waals surface area contributed by atoms with Crippen molar-refractivity contribution in [3.8, 4) is 16.9 Å². The number of rotatable bonds is 5. The molecular formula is C27H33FN6O. The third-order valence-corrected chi connectivity index (χ3v) is 8.01. The van der Waals surface area contributed by atoms with Crippen molar-refractivity contribution >= 4 is 16.7 Å². The van der Waals surface area contributed by atoms with Crippen molar-refractivity contribution in [2.24, 2.45) is 4.99 Å². The number of aromatic amines is 1. The normalized spacial score (nSPS) is 23.4. The molecule has 3 aromatic rings. The maximum Gasteiger partial charge on any atom is 0.165 e. The lowest BCUT2D eigenvalue weighted by atomic mass is 9.96. The fourth-order valence-corrected chi connectivity index (χ4v) is 5.78. The number of nitrogens with one attached hydrogen (secondary N) is 2. The average molecular weight is 477 g/mol. The Labute approximate surface area is 205 Å². The van der Waals surface area contributed by atoms with Crippen LogP contribution < -0.4 is 5.32 Å². The summed E-state index contributed by atoms with van der Waals surface area (Å²) in [5.74, 6) is -0.0545. The topological polar surface area (TPSA) is 79.8 Å². The van der Waals surface area contributed by atoms with Crippen LogP contribution in [0.1, 0.15) is 38.4 Å². The predicted octanol–water partition coefficient (Wildman–Crippen LogP) is 3.52. The van der Waals surface area contributed by atoms with Gasteiger partial charge in [-0.05, 0) is 67.6 Å². The van der Waals surface area contributed by atoms with E-state index < -0.39 is 5.82 Å². The standard InChI is InChI=1S/C27H33FN6O/c1-4-16-10-25(35)21(28)11-20(16)17-5-6-19-23(9-17)31-32-26(19)27-29-22-7-8-33(14-24(22)30-27)18-12-34(13-18)15(2)3/h5-6,9-11,15,18,22,24,35H,4,7-8,12-14H2,1-3H3,(H,29,30)(H,31,32). The molecule has 6 rings (SSSR count). The first-order chi connectivity index (χ1) is 16.9. The van der Waals surface area contributed by atoms with Crippen LogP contribution in [0.25, 0.3) is 22.0 Å². The Morgan fingerprint density at radius 1 is 1.17 bits per heavy atom. The smallest absolute Gasteiger partial charge is 0.165 e. The third-order valence-electron chi connectivity index (χ3n) is 8.01. The molecule has 1 aromatic heterocycles. The van der Waals surface area contributed by atoms with Crippen LogP contribution in [-0.4, -0.2) is 81.3 Å². The number of aliphatic imine (C=N–C) groups is 1. The fourth-order valence-electron chi connectivity index (χ4n) is 5.78.